The number of nitrogens with zero attached hydrogens (tertiary/aromatic N) is 2. The highest BCUT2D eigenvalue weighted by molar-refractivity contribution is 7.89. The molecule has 0 amide bonds. The van der Waals surface area contributed by atoms with Crippen LogP contribution in [0.1, 0.15) is 19.3 Å². The molecule has 6 nitrogen and oxygen atoms in total. The van der Waals surface area contributed by atoms with E-state index in [0.29, 0.717) is 0 Å². The molecule has 94 valence electrons. The molecule has 0 bridgehead atoms. The van der Waals surface area contributed by atoms with E-state index in [2.05, 4.69) is 0 Å². The summed E-state index contributed by atoms with van der Waals surface area (Å²) >= 11 is 0. The summed E-state index contributed by atoms with van der Waals surface area (Å²) in [6.45, 7) is 0.256. The summed E-state index contributed by atoms with van der Waals surface area (Å²) in [6, 6.07) is 0.616. The molecule has 1 saturated heterocycles. The summed E-state index contributed by atoms with van der Waals surface area (Å²) in [4.78, 5) is 11.2. The number of fused-ring (bicyclic) bond motifs is 1. The van der Waals surface area contributed by atoms with Crippen molar-refractivity contribution in [1.29, 1.82) is 5.26 Å². The molecule has 17 heavy (non-hydrogen) atoms. The molecule has 1 saturated carbocycles. The summed E-state index contributed by atoms with van der Waals surface area (Å²) < 4.78 is 24.7. The average molecular weight is 258 g/mol. The molecule has 0 aromatic carbocycles. The van der Waals surface area contributed by atoms with Gasteiger partial charge in [0, 0.05) is 6.54 Å². The molecule has 3 atom stereocenters. The Hall–Kier alpha value is -1.13. The van der Waals surface area contributed by atoms with Gasteiger partial charge in [0.2, 0.25) is 10.0 Å². The Morgan fingerprint density at radius 2 is 2.18 bits per heavy atom. The molecule has 1 aliphatic heterocycles. The molecule has 2 rings (SSSR count). The minimum Gasteiger partial charge on any atom is -0.480 e. The van der Waals surface area contributed by atoms with E-state index in [4.69, 9.17) is 5.26 Å². The summed E-state index contributed by atoms with van der Waals surface area (Å²) in [5.74, 6) is -1.68. The van der Waals surface area contributed by atoms with Crippen LogP contribution in [-0.4, -0.2) is 42.1 Å². The van der Waals surface area contributed by atoms with Crippen LogP contribution in [0.15, 0.2) is 0 Å². The second kappa shape index (κ2) is 4.27. The van der Waals surface area contributed by atoms with Gasteiger partial charge in [0.15, 0.2) is 5.75 Å². The van der Waals surface area contributed by atoms with E-state index in [1.165, 1.54) is 0 Å². The van der Waals surface area contributed by atoms with Gasteiger partial charge in [0.1, 0.15) is 6.04 Å². The van der Waals surface area contributed by atoms with Gasteiger partial charge in [0.05, 0.1) is 6.07 Å². The van der Waals surface area contributed by atoms with Gasteiger partial charge in [-0.1, -0.05) is 6.42 Å². The highest BCUT2D eigenvalue weighted by Crippen LogP contribution is 2.43. The van der Waals surface area contributed by atoms with Crippen LogP contribution in [0.3, 0.4) is 0 Å². The smallest absolute Gasteiger partial charge is 0.322 e. The summed E-state index contributed by atoms with van der Waals surface area (Å²) in [6.07, 6.45) is 2.61. The van der Waals surface area contributed by atoms with Crippen LogP contribution in [-0.2, 0) is 14.8 Å². The first kappa shape index (κ1) is 12.3. The minimum atomic E-state index is -3.75. The fourth-order valence-electron chi connectivity index (χ4n) is 3.02. The van der Waals surface area contributed by atoms with Crippen LogP contribution in [0.2, 0.25) is 0 Å². The Morgan fingerprint density at radius 1 is 1.47 bits per heavy atom. The molecular formula is C10H14N2O4S. The molecule has 1 N–H and O–H groups in total. The van der Waals surface area contributed by atoms with Gasteiger partial charge in [-0.2, -0.15) is 9.57 Å². The van der Waals surface area contributed by atoms with E-state index in [9.17, 15) is 18.3 Å². The monoisotopic (exact) mass is 258 g/mol. The zero-order valence-electron chi connectivity index (χ0n) is 9.24. The van der Waals surface area contributed by atoms with E-state index in [0.717, 1.165) is 23.6 Å². The van der Waals surface area contributed by atoms with Gasteiger partial charge in [-0.25, -0.2) is 8.42 Å². The van der Waals surface area contributed by atoms with Crippen LogP contribution in [0.4, 0.5) is 0 Å². The fourth-order valence-corrected chi connectivity index (χ4v) is 4.36. The summed E-state index contributed by atoms with van der Waals surface area (Å²) in [5, 5.41) is 17.7. The molecule has 0 spiro atoms. The lowest BCUT2D eigenvalue weighted by Crippen LogP contribution is -2.44. The van der Waals surface area contributed by atoms with Crippen LogP contribution < -0.4 is 0 Å². The number of carbonyl (C=O) groups is 1. The average Bonchev–Trinajstić information content (AvgIpc) is 2.74. The first-order valence-corrected chi connectivity index (χ1v) is 7.17. The lowest BCUT2D eigenvalue weighted by molar-refractivity contribution is -0.142. The highest BCUT2D eigenvalue weighted by atomic mass is 32.2. The number of hydrogen-bond acceptors (Lipinski definition) is 4. The number of nitriles is 1. The molecule has 3 unspecified atom stereocenters. The lowest BCUT2D eigenvalue weighted by Gasteiger charge is -2.22. The van der Waals surface area contributed by atoms with E-state index in [1.54, 1.807) is 6.07 Å². The third-order valence-electron chi connectivity index (χ3n) is 3.71. The van der Waals surface area contributed by atoms with Crippen molar-refractivity contribution in [2.75, 3.05) is 12.3 Å². The van der Waals surface area contributed by atoms with Gasteiger partial charge in [0.25, 0.3) is 0 Å². The number of carboxylic acids is 1. The van der Waals surface area contributed by atoms with Gasteiger partial charge in [-0.3, -0.25) is 4.79 Å². The molecule has 7 heteroatoms. The molecule has 1 aliphatic carbocycles. The van der Waals surface area contributed by atoms with Gasteiger partial charge < -0.3 is 5.11 Å². The molecule has 0 aromatic heterocycles. The molecule has 1 heterocycles. The standard InChI is InChI=1S/C10H14N2O4S/c11-4-5-17(15,16)12-6-7-2-1-3-8(7)9(12)10(13)14/h7-9H,1-3,5-6H2,(H,13,14). The van der Waals surface area contributed by atoms with Crippen LogP contribution in [0, 0.1) is 23.2 Å². The van der Waals surface area contributed by atoms with Crippen molar-refractivity contribution in [2.24, 2.45) is 11.8 Å². The summed E-state index contributed by atoms with van der Waals surface area (Å²) in [5.41, 5.74) is 0. The largest absolute Gasteiger partial charge is 0.480 e. The Bertz CT molecular complexity index is 467. The Labute approximate surface area is 99.9 Å². The molecular weight excluding hydrogens is 244 g/mol. The predicted molar refractivity (Wildman–Crippen MR) is 58.4 cm³/mol. The van der Waals surface area contributed by atoms with Crippen molar-refractivity contribution >= 4 is 16.0 Å². The number of rotatable bonds is 3. The topological polar surface area (TPSA) is 98.5 Å². The Balaban J connectivity index is 2.30. The maximum Gasteiger partial charge on any atom is 0.322 e. The van der Waals surface area contributed by atoms with Crippen molar-refractivity contribution in [3.8, 4) is 6.07 Å². The van der Waals surface area contributed by atoms with Crippen molar-refractivity contribution in [3.63, 3.8) is 0 Å². The first-order valence-electron chi connectivity index (χ1n) is 5.56. The number of sulfonamides is 1. The fraction of sp³-hybridized carbons (Fsp3) is 0.800. The van der Waals surface area contributed by atoms with Gasteiger partial charge in [-0.05, 0) is 24.7 Å². The maximum atomic E-state index is 11.8. The van der Waals surface area contributed by atoms with Gasteiger partial charge >= 0.3 is 5.97 Å². The van der Waals surface area contributed by atoms with E-state index < -0.39 is 27.8 Å². The van der Waals surface area contributed by atoms with Crippen molar-refractivity contribution < 1.29 is 18.3 Å². The quantitative estimate of drug-likeness (QED) is 0.769. The van der Waals surface area contributed by atoms with Crippen LogP contribution in [0.5, 0.6) is 0 Å². The minimum absolute atomic E-state index is 0.0824. The van der Waals surface area contributed by atoms with E-state index in [1.807, 2.05) is 0 Å². The second-order valence-electron chi connectivity index (χ2n) is 4.62. The number of carboxylic acid groups (broad SMARTS) is 1. The third kappa shape index (κ3) is 2.03. The Morgan fingerprint density at radius 3 is 2.76 bits per heavy atom. The molecule has 0 aromatic rings. The van der Waals surface area contributed by atoms with Crippen molar-refractivity contribution in [1.82, 2.24) is 4.31 Å². The van der Waals surface area contributed by atoms with Gasteiger partial charge in [-0.15, -0.1) is 0 Å². The SMILES string of the molecule is N#CCS(=O)(=O)N1CC2CCCC2C1C(=O)O. The highest BCUT2D eigenvalue weighted by Gasteiger charge is 2.51. The zero-order valence-corrected chi connectivity index (χ0v) is 10.1. The van der Waals surface area contributed by atoms with E-state index in [-0.39, 0.29) is 18.4 Å². The zero-order chi connectivity index (χ0) is 12.6. The molecule has 2 fully saturated rings. The van der Waals surface area contributed by atoms with Crippen molar-refractivity contribution in [3.05, 3.63) is 0 Å². The number of aliphatic carboxylic acids is 1. The second-order valence-corrected chi connectivity index (χ2v) is 6.54. The summed E-state index contributed by atoms with van der Waals surface area (Å²) in [7, 11) is -3.75. The first-order chi connectivity index (χ1) is 7.97. The lowest BCUT2D eigenvalue weighted by atomic mass is 9.94. The molecule has 0 radical (unpaired) electrons. The van der Waals surface area contributed by atoms with Crippen LogP contribution >= 0.6 is 0 Å². The van der Waals surface area contributed by atoms with Crippen molar-refractivity contribution in [2.45, 2.75) is 25.3 Å². The Kier molecular flexibility index (Phi) is 3.10. The normalized spacial score (nSPS) is 33.2. The third-order valence-corrected chi connectivity index (χ3v) is 5.29. The predicted octanol–water partition coefficient (Wildman–Crippen LogP) is 0.0249. The number of hydrogen-bond donors (Lipinski definition) is 1. The maximum absolute atomic E-state index is 11.8. The van der Waals surface area contributed by atoms with E-state index >= 15 is 0 Å². The van der Waals surface area contributed by atoms with Crippen LogP contribution in [0.25, 0.3) is 0 Å². The molecule has 2 aliphatic rings.